The summed E-state index contributed by atoms with van der Waals surface area (Å²) < 4.78 is 13.9. The highest BCUT2D eigenvalue weighted by atomic mass is 16.5. The van der Waals surface area contributed by atoms with Crippen LogP contribution in [0.2, 0.25) is 0 Å². The van der Waals surface area contributed by atoms with Gasteiger partial charge in [0.15, 0.2) is 0 Å². The lowest BCUT2D eigenvalue weighted by Gasteiger charge is -2.30. The monoisotopic (exact) mass is 478 g/mol. The largest absolute Gasteiger partial charge is 0.493 e. The van der Waals surface area contributed by atoms with Gasteiger partial charge < -0.3 is 15.2 Å². The molecule has 0 radical (unpaired) electrons. The maximum absolute atomic E-state index is 11.2. The topological polar surface area (TPSA) is 92.3 Å². The van der Waals surface area contributed by atoms with Crippen LogP contribution in [0.25, 0.3) is 10.9 Å². The zero-order valence-corrected chi connectivity index (χ0v) is 21.2. The fraction of sp³-hybridized carbons (Fsp3) is 0.536. The van der Waals surface area contributed by atoms with Crippen LogP contribution in [0.1, 0.15) is 80.9 Å². The molecule has 0 bridgehead atoms. The van der Waals surface area contributed by atoms with Gasteiger partial charge >= 0.3 is 0 Å². The summed E-state index contributed by atoms with van der Waals surface area (Å²) in [4.78, 5) is 15.3. The number of primary amides is 1. The molecular formula is C28H38N4O3. The number of nitrogens with two attached hydrogens (primary N) is 1. The summed E-state index contributed by atoms with van der Waals surface area (Å²) in [5.74, 6) is 2.42. The van der Waals surface area contributed by atoms with E-state index in [4.69, 9.17) is 20.3 Å². The summed E-state index contributed by atoms with van der Waals surface area (Å²) in [5.41, 5.74) is 7.62. The summed E-state index contributed by atoms with van der Waals surface area (Å²) >= 11 is 0. The van der Waals surface area contributed by atoms with E-state index in [1.54, 1.807) is 18.2 Å². The van der Waals surface area contributed by atoms with Crippen LogP contribution < -0.4 is 15.2 Å². The highest BCUT2D eigenvalue weighted by Gasteiger charge is 2.25. The molecule has 7 heteroatoms. The van der Waals surface area contributed by atoms with Crippen LogP contribution in [0, 0.1) is 18.8 Å². The van der Waals surface area contributed by atoms with Crippen LogP contribution in [0.15, 0.2) is 36.5 Å². The predicted molar refractivity (Wildman–Crippen MR) is 138 cm³/mol. The Balaban J connectivity index is 1.22. The molecule has 1 aliphatic carbocycles. The zero-order chi connectivity index (χ0) is 24.8. The van der Waals surface area contributed by atoms with E-state index in [0.29, 0.717) is 25.1 Å². The van der Waals surface area contributed by atoms with E-state index in [-0.39, 0.29) is 5.69 Å². The van der Waals surface area contributed by atoms with Gasteiger partial charge in [0.2, 0.25) is 5.88 Å². The van der Waals surface area contributed by atoms with Gasteiger partial charge in [0, 0.05) is 23.7 Å². The molecule has 1 aromatic carbocycles. The molecule has 0 atom stereocenters. The number of carbonyl (C=O) groups is 1. The molecule has 2 N–H and O–H groups in total. The SMILES string of the molecule is Cc1cc2cn(C3CCC(C(C)C)CC3)nc2cc1OCCCCCOc1cccc(C(N)=O)n1. The zero-order valence-electron chi connectivity index (χ0n) is 21.2. The molecule has 7 nitrogen and oxygen atoms in total. The van der Waals surface area contributed by atoms with Gasteiger partial charge in [0.1, 0.15) is 11.4 Å². The molecule has 1 aliphatic rings. The van der Waals surface area contributed by atoms with Crippen molar-refractivity contribution in [1.82, 2.24) is 14.8 Å². The van der Waals surface area contributed by atoms with E-state index in [0.717, 1.165) is 47.9 Å². The molecule has 4 rings (SSSR count). The van der Waals surface area contributed by atoms with E-state index >= 15 is 0 Å². The number of rotatable bonds is 11. The lowest BCUT2D eigenvalue weighted by Crippen LogP contribution is -2.21. The number of pyridine rings is 1. The molecule has 188 valence electrons. The van der Waals surface area contributed by atoms with Crippen LogP contribution in [-0.2, 0) is 0 Å². The Morgan fingerprint density at radius 3 is 2.54 bits per heavy atom. The second-order valence-corrected chi connectivity index (χ2v) is 10.1. The van der Waals surface area contributed by atoms with Crippen molar-refractivity contribution < 1.29 is 14.3 Å². The van der Waals surface area contributed by atoms with Gasteiger partial charge in [-0.05, 0) is 81.4 Å². The third-order valence-corrected chi connectivity index (χ3v) is 7.15. The molecule has 2 aromatic heterocycles. The first kappa shape index (κ1) is 25.0. The average molecular weight is 479 g/mol. The first-order valence-electron chi connectivity index (χ1n) is 12.9. The minimum atomic E-state index is -0.554. The van der Waals surface area contributed by atoms with Crippen LogP contribution in [0.4, 0.5) is 0 Å². The number of hydrogen-bond donors (Lipinski definition) is 1. The van der Waals surface area contributed by atoms with Crippen molar-refractivity contribution in [3.63, 3.8) is 0 Å². The standard InChI is InChI=1S/C28H38N4O3/c1-19(2)21-10-12-23(13-11-21)32-18-22-16-20(3)26(17-25(22)31-32)34-14-5-4-6-15-35-27-9-7-8-24(30-27)28(29)33/h7-9,16-19,21,23H,4-6,10-15H2,1-3H3,(H2,29,33). The number of carbonyl (C=O) groups excluding carboxylic acids is 1. The molecule has 1 amide bonds. The molecule has 2 heterocycles. The normalized spacial score (nSPS) is 18.2. The Kier molecular flexibility index (Phi) is 8.26. The van der Waals surface area contributed by atoms with Crippen LogP contribution in [0.5, 0.6) is 11.6 Å². The quantitative estimate of drug-likeness (QED) is 0.349. The fourth-order valence-corrected chi connectivity index (χ4v) is 4.93. The molecule has 35 heavy (non-hydrogen) atoms. The minimum absolute atomic E-state index is 0.214. The lowest BCUT2D eigenvalue weighted by atomic mass is 9.80. The number of amides is 1. The Morgan fingerprint density at radius 2 is 1.83 bits per heavy atom. The molecule has 1 fully saturated rings. The van der Waals surface area contributed by atoms with Crippen molar-refractivity contribution in [3.05, 3.63) is 47.8 Å². The van der Waals surface area contributed by atoms with Gasteiger partial charge in [-0.15, -0.1) is 0 Å². The van der Waals surface area contributed by atoms with Crippen molar-refractivity contribution in [1.29, 1.82) is 0 Å². The molecule has 0 aliphatic heterocycles. The number of aromatic nitrogens is 3. The van der Waals surface area contributed by atoms with Crippen molar-refractivity contribution in [2.45, 2.75) is 71.8 Å². The smallest absolute Gasteiger partial charge is 0.267 e. The van der Waals surface area contributed by atoms with Crippen LogP contribution >= 0.6 is 0 Å². The Bertz CT molecular complexity index is 1130. The molecule has 3 aromatic rings. The molecule has 0 spiro atoms. The highest BCUT2D eigenvalue weighted by Crippen LogP contribution is 2.36. The number of aryl methyl sites for hydroxylation is 1. The first-order valence-corrected chi connectivity index (χ1v) is 12.9. The maximum Gasteiger partial charge on any atom is 0.267 e. The van der Waals surface area contributed by atoms with Gasteiger partial charge in [-0.3, -0.25) is 9.48 Å². The van der Waals surface area contributed by atoms with E-state index in [1.165, 1.54) is 31.1 Å². The maximum atomic E-state index is 11.2. The number of fused-ring (bicyclic) bond motifs is 1. The minimum Gasteiger partial charge on any atom is -0.493 e. The summed E-state index contributed by atoms with van der Waals surface area (Å²) in [6.45, 7) is 7.98. The van der Waals surface area contributed by atoms with E-state index in [2.05, 4.69) is 48.8 Å². The third-order valence-electron chi connectivity index (χ3n) is 7.15. The summed E-state index contributed by atoms with van der Waals surface area (Å²) in [6, 6.07) is 9.81. The first-order chi connectivity index (χ1) is 16.9. The van der Waals surface area contributed by atoms with Crippen LogP contribution in [0.3, 0.4) is 0 Å². The Labute approximate surface area is 208 Å². The Hall–Kier alpha value is -3.09. The average Bonchev–Trinajstić information content (AvgIpc) is 3.26. The van der Waals surface area contributed by atoms with E-state index < -0.39 is 5.91 Å². The summed E-state index contributed by atoms with van der Waals surface area (Å²) in [5, 5.41) is 6.09. The van der Waals surface area contributed by atoms with E-state index in [9.17, 15) is 4.79 Å². The third kappa shape index (κ3) is 6.53. The van der Waals surface area contributed by atoms with Crippen LogP contribution in [-0.4, -0.2) is 33.9 Å². The lowest BCUT2D eigenvalue weighted by molar-refractivity contribution is 0.0994. The Morgan fingerprint density at radius 1 is 1.09 bits per heavy atom. The van der Waals surface area contributed by atoms with Crippen molar-refractivity contribution in [2.24, 2.45) is 17.6 Å². The molecule has 0 unspecified atom stereocenters. The van der Waals surface area contributed by atoms with Crippen molar-refractivity contribution in [2.75, 3.05) is 13.2 Å². The van der Waals surface area contributed by atoms with Crippen molar-refractivity contribution in [3.8, 4) is 11.6 Å². The summed E-state index contributed by atoms with van der Waals surface area (Å²) in [6.07, 6.45) is 10.0. The highest BCUT2D eigenvalue weighted by molar-refractivity contribution is 5.90. The number of unbranched alkanes of at least 4 members (excludes halogenated alkanes) is 2. The van der Waals surface area contributed by atoms with Gasteiger partial charge in [-0.1, -0.05) is 19.9 Å². The number of hydrogen-bond acceptors (Lipinski definition) is 5. The predicted octanol–water partition coefficient (Wildman–Crippen LogP) is 5.85. The molecule has 0 saturated heterocycles. The van der Waals surface area contributed by atoms with Gasteiger partial charge in [0.25, 0.3) is 5.91 Å². The number of nitrogens with zero attached hydrogens (tertiary/aromatic N) is 3. The van der Waals surface area contributed by atoms with Gasteiger partial charge in [-0.25, -0.2) is 4.98 Å². The van der Waals surface area contributed by atoms with Gasteiger partial charge in [0.05, 0.1) is 24.8 Å². The van der Waals surface area contributed by atoms with Crippen molar-refractivity contribution >= 4 is 16.8 Å². The second-order valence-electron chi connectivity index (χ2n) is 10.1. The molecular weight excluding hydrogens is 440 g/mol. The van der Waals surface area contributed by atoms with E-state index in [1.807, 2.05) is 0 Å². The molecule has 1 saturated carbocycles. The number of ether oxygens (including phenoxy) is 2. The van der Waals surface area contributed by atoms with Gasteiger partial charge in [-0.2, -0.15) is 5.10 Å². The number of benzene rings is 1. The fourth-order valence-electron chi connectivity index (χ4n) is 4.93. The second kappa shape index (κ2) is 11.6. The summed E-state index contributed by atoms with van der Waals surface area (Å²) in [7, 11) is 0.